The molecule has 0 spiro atoms. The van der Waals surface area contributed by atoms with Crippen LogP contribution in [0, 0.1) is 0 Å². The van der Waals surface area contributed by atoms with Gasteiger partial charge in [0.05, 0.1) is 48.7 Å². The third-order valence-electron chi connectivity index (χ3n) is 3.65. The van der Waals surface area contributed by atoms with E-state index in [9.17, 15) is 28.8 Å². The average Bonchev–Trinajstić information content (AvgIpc) is 2.92. The summed E-state index contributed by atoms with van der Waals surface area (Å²) in [5.74, 6) is -8.51. The Bertz CT molecular complexity index is 927. The monoisotopic (exact) mass is 610 g/mol. The van der Waals surface area contributed by atoms with Crippen molar-refractivity contribution < 1.29 is 90.0 Å². The quantitative estimate of drug-likeness (QED) is 0.133. The van der Waals surface area contributed by atoms with Gasteiger partial charge in [-0.2, -0.15) is 0 Å². The van der Waals surface area contributed by atoms with Crippen LogP contribution in [0.15, 0.2) is 36.4 Å². The molecule has 0 fully saturated rings. The maximum absolute atomic E-state index is 10.8. The van der Waals surface area contributed by atoms with Crippen molar-refractivity contribution in [1.82, 2.24) is 0 Å². The van der Waals surface area contributed by atoms with Crippen LogP contribution in [0.1, 0.15) is 55.3 Å². The number of carbonyl (C=O) groups is 6. The van der Waals surface area contributed by atoms with Crippen LogP contribution in [-0.2, 0) is 9.59 Å². The minimum Gasteiger partial charge on any atom is -0.478 e. The molecule has 0 saturated heterocycles. The average molecular weight is 611 g/mol. The zero-order valence-electron chi connectivity index (χ0n) is 22.4. The fraction of sp³-hybridized carbons (Fsp3) is 0.333. The van der Waals surface area contributed by atoms with Crippen molar-refractivity contribution >= 4 is 35.8 Å². The van der Waals surface area contributed by atoms with Gasteiger partial charge >= 0.3 is 35.8 Å². The van der Waals surface area contributed by atoms with Crippen molar-refractivity contribution in [3.8, 4) is 0 Å². The SMILES string of the molecule is C=C(C)C(=O)O.C=C(C)C(=O)O.O=C(O)c1cc(C(=O)O)c(C(=O)O)cc1C(=O)O.OCC(O)CO.OCC(O)CO. The molecule has 1 aromatic rings. The summed E-state index contributed by atoms with van der Waals surface area (Å²) in [4.78, 5) is 62.3. The first-order valence-electron chi connectivity index (χ1n) is 10.8. The molecule has 0 amide bonds. The summed E-state index contributed by atoms with van der Waals surface area (Å²) in [6.07, 6.45) is -1.91. The summed E-state index contributed by atoms with van der Waals surface area (Å²) in [5, 5.41) is 98.8. The minimum atomic E-state index is -1.66. The van der Waals surface area contributed by atoms with E-state index in [1.54, 1.807) is 0 Å². The fourth-order valence-electron chi connectivity index (χ4n) is 1.42. The highest BCUT2D eigenvalue weighted by molar-refractivity contribution is 6.09. The highest BCUT2D eigenvalue weighted by atomic mass is 16.4. The summed E-state index contributed by atoms with van der Waals surface area (Å²) >= 11 is 0. The van der Waals surface area contributed by atoms with Crippen molar-refractivity contribution in [3.05, 3.63) is 58.7 Å². The van der Waals surface area contributed by atoms with Gasteiger partial charge < -0.3 is 61.3 Å². The largest absolute Gasteiger partial charge is 0.478 e. The second-order valence-electron chi connectivity index (χ2n) is 7.37. The smallest absolute Gasteiger partial charge is 0.336 e. The summed E-state index contributed by atoms with van der Waals surface area (Å²) in [5.41, 5.74) is -2.80. The number of carboxylic acid groups (broad SMARTS) is 6. The van der Waals surface area contributed by atoms with Crippen molar-refractivity contribution in [2.45, 2.75) is 26.1 Å². The molecule has 0 radical (unpaired) electrons. The molecule has 18 nitrogen and oxygen atoms in total. The zero-order chi connectivity index (χ0) is 34.3. The summed E-state index contributed by atoms with van der Waals surface area (Å²) < 4.78 is 0. The summed E-state index contributed by atoms with van der Waals surface area (Å²) in [6, 6.07) is 1.02. The van der Waals surface area contributed by atoms with Crippen LogP contribution in [-0.4, -0.2) is 136 Å². The van der Waals surface area contributed by atoms with Crippen molar-refractivity contribution in [2.24, 2.45) is 0 Å². The summed E-state index contributed by atoms with van der Waals surface area (Å²) in [6.45, 7) is 7.75. The maximum atomic E-state index is 10.8. The third kappa shape index (κ3) is 22.1. The second-order valence-corrected chi connectivity index (χ2v) is 7.37. The van der Waals surface area contributed by atoms with Gasteiger partial charge in [-0.1, -0.05) is 13.2 Å². The highest BCUT2D eigenvalue weighted by Crippen LogP contribution is 2.18. The number of hydrogen-bond acceptors (Lipinski definition) is 12. The van der Waals surface area contributed by atoms with Crippen molar-refractivity contribution in [2.75, 3.05) is 26.4 Å². The van der Waals surface area contributed by atoms with Crippen molar-refractivity contribution in [3.63, 3.8) is 0 Å². The van der Waals surface area contributed by atoms with Gasteiger partial charge in [-0.25, -0.2) is 28.8 Å². The first-order chi connectivity index (χ1) is 19.2. The fourth-order valence-corrected chi connectivity index (χ4v) is 1.42. The van der Waals surface area contributed by atoms with E-state index < -0.39 is 70.3 Å². The number of aliphatic hydroxyl groups excluding tert-OH is 6. The first kappa shape index (κ1) is 44.3. The van der Waals surface area contributed by atoms with Crippen LogP contribution in [0.5, 0.6) is 0 Å². The number of rotatable bonds is 10. The molecule has 0 atom stereocenters. The molecule has 1 rings (SSSR count). The molecular weight excluding hydrogens is 576 g/mol. The van der Waals surface area contributed by atoms with Gasteiger partial charge in [-0.05, 0) is 26.0 Å². The molecule has 0 heterocycles. The Hall–Kier alpha value is -4.72. The molecule has 0 aliphatic carbocycles. The second kappa shape index (κ2) is 24.1. The van der Waals surface area contributed by atoms with Crippen LogP contribution in [0.25, 0.3) is 0 Å². The van der Waals surface area contributed by atoms with Gasteiger partial charge in [0, 0.05) is 11.1 Å². The minimum absolute atomic E-state index is 0.176. The molecule has 238 valence electrons. The number of aromatic carboxylic acids is 4. The lowest BCUT2D eigenvalue weighted by Gasteiger charge is -2.06. The van der Waals surface area contributed by atoms with E-state index in [2.05, 4.69) is 13.2 Å². The van der Waals surface area contributed by atoms with Gasteiger partial charge in [0.15, 0.2) is 0 Å². The topological polar surface area (TPSA) is 345 Å². The highest BCUT2D eigenvalue weighted by Gasteiger charge is 2.25. The Morgan fingerprint density at radius 1 is 0.524 bits per heavy atom. The molecule has 0 bridgehead atoms. The predicted octanol–water partition coefficient (Wildman–Crippen LogP) is -1.56. The molecule has 12 N–H and O–H groups in total. The molecule has 42 heavy (non-hydrogen) atoms. The lowest BCUT2D eigenvalue weighted by molar-refractivity contribution is -0.133. The predicted molar refractivity (Wildman–Crippen MR) is 140 cm³/mol. The van der Waals surface area contributed by atoms with E-state index in [1.807, 2.05) is 0 Å². The zero-order valence-corrected chi connectivity index (χ0v) is 22.4. The van der Waals surface area contributed by atoms with Crippen LogP contribution in [0.3, 0.4) is 0 Å². The Morgan fingerprint density at radius 3 is 0.714 bits per heavy atom. The Labute approximate surface area is 237 Å². The van der Waals surface area contributed by atoms with Crippen LogP contribution >= 0.6 is 0 Å². The molecule has 18 heteroatoms. The molecule has 0 saturated carbocycles. The van der Waals surface area contributed by atoms with Gasteiger partial charge in [-0.15, -0.1) is 0 Å². The van der Waals surface area contributed by atoms with E-state index >= 15 is 0 Å². The Kier molecular flexibility index (Phi) is 25.4. The van der Waals surface area contributed by atoms with Gasteiger partial charge in [0.2, 0.25) is 0 Å². The molecular formula is C24H34O18. The van der Waals surface area contributed by atoms with Crippen LogP contribution in [0.4, 0.5) is 0 Å². The number of hydrogen-bond donors (Lipinski definition) is 12. The number of carboxylic acids is 6. The lowest BCUT2D eigenvalue weighted by Crippen LogP contribution is -2.15. The maximum Gasteiger partial charge on any atom is 0.336 e. The van der Waals surface area contributed by atoms with Gasteiger partial charge in [0.25, 0.3) is 0 Å². The van der Waals surface area contributed by atoms with Crippen LogP contribution in [0.2, 0.25) is 0 Å². The molecule has 0 aliphatic heterocycles. The van der Waals surface area contributed by atoms with Crippen molar-refractivity contribution in [1.29, 1.82) is 0 Å². The molecule has 0 aromatic heterocycles. The number of aliphatic hydroxyl groups is 6. The van der Waals surface area contributed by atoms with Gasteiger partial charge in [-0.3, -0.25) is 0 Å². The normalized spacial score (nSPS) is 9.19. The summed E-state index contributed by atoms with van der Waals surface area (Å²) in [7, 11) is 0. The van der Waals surface area contributed by atoms with E-state index in [0.717, 1.165) is 0 Å². The van der Waals surface area contributed by atoms with Crippen LogP contribution < -0.4 is 0 Å². The number of aliphatic carboxylic acids is 2. The lowest BCUT2D eigenvalue weighted by atomic mass is 9.98. The Morgan fingerprint density at radius 2 is 0.667 bits per heavy atom. The van der Waals surface area contributed by atoms with E-state index in [0.29, 0.717) is 12.1 Å². The third-order valence-corrected chi connectivity index (χ3v) is 3.65. The standard InChI is InChI=1S/C10H6O8.2C4H6O2.2C3H8O3/c11-7(12)3-1-4(8(13)14)6(10(17)18)2-5(3)9(15)16;2*1-3(2)4(5)6;2*4-1-3(6)2-5/h1-2H,(H,11,12)(H,13,14)(H,15,16)(H,17,18);2*1H2,2H3,(H,5,6);2*3-6H,1-2H2. The van der Waals surface area contributed by atoms with E-state index in [4.69, 9.17) is 61.3 Å². The number of benzene rings is 1. The molecule has 0 aliphatic rings. The first-order valence-corrected chi connectivity index (χ1v) is 10.8. The molecule has 0 unspecified atom stereocenters. The Balaban J connectivity index is -0.000000248. The van der Waals surface area contributed by atoms with E-state index in [-0.39, 0.29) is 37.6 Å². The van der Waals surface area contributed by atoms with Gasteiger partial charge in [0.1, 0.15) is 12.2 Å². The molecule has 1 aromatic carbocycles. The van der Waals surface area contributed by atoms with E-state index in [1.165, 1.54) is 13.8 Å².